The molecule has 0 aromatic carbocycles. The Bertz CT molecular complexity index is 123. The lowest BCUT2D eigenvalue weighted by molar-refractivity contribution is 0.182. The largest absolute Gasteiger partial charge is 0.0922 e. The number of halogens is 1. The van der Waals surface area contributed by atoms with Crippen molar-refractivity contribution in [3.8, 4) is 0 Å². The summed E-state index contributed by atoms with van der Waals surface area (Å²) in [4.78, 5) is 0. The molecule has 1 aliphatic rings. The Labute approximate surface area is 85.3 Å². The standard InChI is InChI=1S/C11H21Br/c1-10(2)8-11(9-12)6-4-3-5-7-11/h10H,3-9H2,1-2H3. The van der Waals surface area contributed by atoms with Crippen molar-refractivity contribution in [3.05, 3.63) is 0 Å². The van der Waals surface area contributed by atoms with Gasteiger partial charge in [-0.3, -0.25) is 0 Å². The zero-order chi connectivity index (χ0) is 9.03. The van der Waals surface area contributed by atoms with Crippen LogP contribution in [-0.2, 0) is 0 Å². The minimum absolute atomic E-state index is 0.659. The maximum Gasteiger partial charge on any atom is 0.00880 e. The maximum atomic E-state index is 3.70. The van der Waals surface area contributed by atoms with Crippen molar-refractivity contribution in [1.82, 2.24) is 0 Å². The molecular formula is C11H21Br. The van der Waals surface area contributed by atoms with Crippen LogP contribution in [0, 0.1) is 11.3 Å². The summed E-state index contributed by atoms with van der Waals surface area (Å²) < 4.78 is 0. The second-order valence-electron chi connectivity index (χ2n) is 4.79. The number of rotatable bonds is 3. The molecule has 1 aliphatic carbocycles. The van der Waals surface area contributed by atoms with E-state index in [0.29, 0.717) is 5.41 Å². The lowest BCUT2D eigenvalue weighted by Gasteiger charge is -2.37. The molecule has 0 radical (unpaired) electrons. The lowest BCUT2D eigenvalue weighted by atomic mass is 9.71. The topological polar surface area (TPSA) is 0 Å². The van der Waals surface area contributed by atoms with Crippen molar-refractivity contribution in [2.75, 3.05) is 5.33 Å². The summed E-state index contributed by atoms with van der Waals surface area (Å²) in [5.41, 5.74) is 0.659. The third kappa shape index (κ3) is 2.76. The molecule has 1 heteroatoms. The third-order valence-corrected chi connectivity index (χ3v) is 4.23. The minimum atomic E-state index is 0.659. The molecule has 12 heavy (non-hydrogen) atoms. The molecule has 0 atom stereocenters. The molecule has 72 valence electrons. The maximum absolute atomic E-state index is 3.70. The Morgan fingerprint density at radius 2 is 1.75 bits per heavy atom. The van der Waals surface area contributed by atoms with Gasteiger partial charge in [0.05, 0.1) is 0 Å². The molecule has 0 saturated heterocycles. The molecular weight excluding hydrogens is 212 g/mol. The van der Waals surface area contributed by atoms with E-state index in [4.69, 9.17) is 0 Å². The number of hydrogen-bond donors (Lipinski definition) is 0. The molecule has 0 spiro atoms. The summed E-state index contributed by atoms with van der Waals surface area (Å²) in [5, 5.41) is 1.22. The quantitative estimate of drug-likeness (QED) is 0.634. The zero-order valence-corrected chi connectivity index (χ0v) is 9.99. The van der Waals surface area contributed by atoms with E-state index in [0.717, 1.165) is 5.92 Å². The van der Waals surface area contributed by atoms with Gasteiger partial charge in [0.1, 0.15) is 0 Å². The Morgan fingerprint density at radius 1 is 1.17 bits per heavy atom. The summed E-state index contributed by atoms with van der Waals surface area (Å²) >= 11 is 3.70. The van der Waals surface area contributed by atoms with Crippen LogP contribution in [0.1, 0.15) is 52.4 Å². The summed E-state index contributed by atoms with van der Waals surface area (Å²) in [6.45, 7) is 4.69. The molecule has 0 nitrogen and oxygen atoms in total. The summed E-state index contributed by atoms with van der Waals surface area (Å²) in [5.74, 6) is 0.862. The van der Waals surface area contributed by atoms with Crippen LogP contribution in [0.15, 0.2) is 0 Å². The van der Waals surface area contributed by atoms with Crippen LogP contribution in [-0.4, -0.2) is 5.33 Å². The fourth-order valence-electron chi connectivity index (χ4n) is 2.56. The first kappa shape index (κ1) is 10.6. The van der Waals surface area contributed by atoms with Gasteiger partial charge < -0.3 is 0 Å². The van der Waals surface area contributed by atoms with Gasteiger partial charge in [-0.15, -0.1) is 0 Å². The van der Waals surface area contributed by atoms with Gasteiger partial charge in [-0.25, -0.2) is 0 Å². The Hall–Kier alpha value is 0.480. The average molecular weight is 233 g/mol. The van der Waals surface area contributed by atoms with Crippen molar-refractivity contribution < 1.29 is 0 Å². The third-order valence-electron chi connectivity index (χ3n) is 3.04. The van der Waals surface area contributed by atoms with E-state index < -0.39 is 0 Å². The van der Waals surface area contributed by atoms with E-state index in [1.807, 2.05) is 0 Å². The first-order valence-corrected chi connectivity index (χ1v) is 6.37. The van der Waals surface area contributed by atoms with Crippen LogP contribution < -0.4 is 0 Å². The normalized spacial score (nSPS) is 23.0. The van der Waals surface area contributed by atoms with Crippen molar-refractivity contribution in [3.63, 3.8) is 0 Å². The minimum Gasteiger partial charge on any atom is -0.0922 e. The highest BCUT2D eigenvalue weighted by Crippen LogP contribution is 2.42. The first-order valence-electron chi connectivity index (χ1n) is 5.24. The summed E-state index contributed by atoms with van der Waals surface area (Å²) in [6, 6.07) is 0. The second kappa shape index (κ2) is 4.64. The Balaban J connectivity index is 2.48. The van der Waals surface area contributed by atoms with Gasteiger partial charge >= 0.3 is 0 Å². The van der Waals surface area contributed by atoms with Crippen LogP contribution in [0.25, 0.3) is 0 Å². The highest BCUT2D eigenvalue weighted by atomic mass is 79.9. The van der Waals surface area contributed by atoms with Gasteiger partial charge in [-0.2, -0.15) is 0 Å². The number of alkyl halides is 1. The van der Waals surface area contributed by atoms with Crippen molar-refractivity contribution in [2.45, 2.75) is 52.4 Å². The van der Waals surface area contributed by atoms with E-state index in [-0.39, 0.29) is 0 Å². The Kier molecular flexibility index (Phi) is 4.09. The van der Waals surface area contributed by atoms with E-state index >= 15 is 0 Å². The smallest absolute Gasteiger partial charge is 0.00880 e. The molecule has 0 heterocycles. The lowest BCUT2D eigenvalue weighted by Crippen LogP contribution is -2.27. The van der Waals surface area contributed by atoms with Crippen molar-refractivity contribution >= 4 is 15.9 Å². The second-order valence-corrected chi connectivity index (χ2v) is 5.35. The molecule has 0 N–H and O–H groups in total. The molecule has 0 amide bonds. The molecule has 0 aromatic heterocycles. The van der Waals surface area contributed by atoms with Crippen LogP contribution in [0.3, 0.4) is 0 Å². The van der Waals surface area contributed by atoms with E-state index in [9.17, 15) is 0 Å². The van der Waals surface area contributed by atoms with E-state index in [1.165, 1.54) is 43.9 Å². The zero-order valence-electron chi connectivity index (χ0n) is 8.41. The first-order chi connectivity index (χ1) is 5.68. The molecule has 0 unspecified atom stereocenters. The monoisotopic (exact) mass is 232 g/mol. The highest BCUT2D eigenvalue weighted by molar-refractivity contribution is 9.09. The van der Waals surface area contributed by atoms with Crippen LogP contribution >= 0.6 is 15.9 Å². The van der Waals surface area contributed by atoms with Crippen molar-refractivity contribution in [2.24, 2.45) is 11.3 Å². The van der Waals surface area contributed by atoms with Gasteiger partial charge in [-0.1, -0.05) is 49.0 Å². The fourth-order valence-corrected chi connectivity index (χ4v) is 3.35. The predicted octanol–water partition coefficient (Wildman–Crippen LogP) is 4.38. The van der Waals surface area contributed by atoms with Gasteiger partial charge in [0, 0.05) is 5.33 Å². The fraction of sp³-hybridized carbons (Fsp3) is 1.00. The average Bonchev–Trinajstić information content (AvgIpc) is 2.05. The SMILES string of the molecule is CC(C)CC1(CBr)CCCCC1. The van der Waals surface area contributed by atoms with Gasteiger partial charge in [0.15, 0.2) is 0 Å². The van der Waals surface area contributed by atoms with Crippen LogP contribution in [0.5, 0.6) is 0 Å². The number of hydrogen-bond acceptors (Lipinski definition) is 0. The van der Waals surface area contributed by atoms with Gasteiger partial charge in [0.25, 0.3) is 0 Å². The van der Waals surface area contributed by atoms with Crippen LogP contribution in [0.4, 0.5) is 0 Å². The summed E-state index contributed by atoms with van der Waals surface area (Å²) in [6.07, 6.45) is 8.70. The highest BCUT2D eigenvalue weighted by Gasteiger charge is 2.31. The molecule has 0 aliphatic heterocycles. The van der Waals surface area contributed by atoms with E-state index in [1.54, 1.807) is 0 Å². The summed E-state index contributed by atoms with van der Waals surface area (Å²) in [7, 11) is 0. The molecule has 1 saturated carbocycles. The van der Waals surface area contributed by atoms with Crippen LogP contribution in [0.2, 0.25) is 0 Å². The Morgan fingerprint density at radius 3 is 2.17 bits per heavy atom. The molecule has 0 aromatic rings. The van der Waals surface area contributed by atoms with Crippen molar-refractivity contribution in [1.29, 1.82) is 0 Å². The van der Waals surface area contributed by atoms with Gasteiger partial charge in [-0.05, 0) is 30.6 Å². The van der Waals surface area contributed by atoms with Gasteiger partial charge in [0.2, 0.25) is 0 Å². The predicted molar refractivity (Wildman–Crippen MR) is 58.8 cm³/mol. The molecule has 0 bridgehead atoms. The molecule has 1 rings (SSSR count). The molecule has 1 fully saturated rings. The van der Waals surface area contributed by atoms with E-state index in [2.05, 4.69) is 29.8 Å².